The van der Waals surface area contributed by atoms with Crippen LogP contribution in [0.2, 0.25) is 0 Å². The van der Waals surface area contributed by atoms with Crippen molar-refractivity contribution in [2.75, 3.05) is 0 Å². The number of para-hydroxylation sites is 1. The quantitative estimate of drug-likeness (QED) is 0.212. The lowest BCUT2D eigenvalue weighted by atomic mass is 9.55. The first kappa shape index (κ1) is 23.1. The van der Waals surface area contributed by atoms with E-state index >= 15 is 0 Å². The topological polar surface area (TPSA) is 54.7 Å². The molecule has 3 aliphatic carbocycles. The summed E-state index contributed by atoms with van der Waals surface area (Å²) in [5.41, 5.74) is 7.33. The standard InChI is InChI=1S/C34H24FN3O2/c35-22-15-13-20(14-16-22)18-37-19-21(23-7-5-6-12-28(23)37)17-36-38-33(39)31-29-24-8-1-2-9-25(24)30(32(31)34(38)40)27-11-4-3-10-26(27)29/h1-17,19,29-32H,18H2. The van der Waals surface area contributed by atoms with Crippen LogP contribution in [0.1, 0.15) is 45.2 Å². The van der Waals surface area contributed by atoms with E-state index in [2.05, 4.69) is 33.9 Å². The predicted octanol–water partition coefficient (Wildman–Crippen LogP) is 6.05. The Balaban J connectivity index is 1.16. The van der Waals surface area contributed by atoms with E-state index < -0.39 is 11.8 Å². The van der Waals surface area contributed by atoms with Crippen molar-refractivity contribution in [3.05, 3.63) is 142 Å². The van der Waals surface area contributed by atoms with Crippen molar-refractivity contribution in [2.24, 2.45) is 16.9 Å². The van der Waals surface area contributed by atoms with Crippen molar-refractivity contribution < 1.29 is 14.0 Å². The highest BCUT2D eigenvalue weighted by Crippen LogP contribution is 2.60. The van der Waals surface area contributed by atoms with Crippen LogP contribution in [-0.4, -0.2) is 27.6 Å². The van der Waals surface area contributed by atoms with Crippen LogP contribution < -0.4 is 0 Å². The zero-order chi connectivity index (χ0) is 27.0. The van der Waals surface area contributed by atoms with Gasteiger partial charge in [-0.2, -0.15) is 10.1 Å². The van der Waals surface area contributed by atoms with E-state index in [9.17, 15) is 14.0 Å². The van der Waals surface area contributed by atoms with Gasteiger partial charge in [-0.15, -0.1) is 0 Å². The molecular formula is C34H24FN3O2. The van der Waals surface area contributed by atoms with Gasteiger partial charge in [-0.25, -0.2) is 4.39 Å². The average Bonchev–Trinajstić information content (AvgIpc) is 3.47. The van der Waals surface area contributed by atoms with E-state index in [4.69, 9.17) is 0 Å². The van der Waals surface area contributed by atoms with Gasteiger partial charge in [0.1, 0.15) is 5.82 Å². The van der Waals surface area contributed by atoms with Crippen LogP contribution in [0.15, 0.2) is 108 Å². The average molecular weight is 526 g/mol. The number of imide groups is 1. The number of carbonyl (C=O) groups is 2. The van der Waals surface area contributed by atoms with Gasteiger partial charge in [-0.05, 0) is 46.0 Å². The van der Waals surface area contributed by atoms with E-state index in [-0.39, 0.29) is 29.5 Å². The summed E-state index contributed by atoms with van der Waals surface area (Å²) in [6.45, 7) is 0.556. The normalized spacial score (nSPS) is 22.7. The maximum absolute atomic E-state index is 13.9. The molecule has 40 heavy (non-hydrogen) atoms. The number of fused-ring (bicyclic) bond motifs is 1. The van der Waals surface area contributed by atoms with Crippen LogP contribution >= 0.6 is 0 Å². The molecule has 5 aromatic rings. The lowest BCUT2D eigenvalue weighted by molar-refractivity contribution is -0.139. The molecule has 1 aliphatic heterocycles. The lowest BCUT2D eigenvalue weighted by Gasteiger charge is -2.45. The molecule has 4 aromatic carbocycles. The van der Waals surface area contributed by atoms with Crippen molar-refractivity contribution >= 4 is 28.9 Å². The molecule has 2 bridgehead atoms. The Morgan fingerprint density at radius 2 is 1.23 bits per heavy atom. The molecule has 0 saturated carbocycles. The summed E-state index contributed by atoms with van der Waals surface area (Å²) in [6, 6.07) is 30.8. The van der Waals surface area contributed by atoms with Crippen molar-refractivity contribution in [3.8, 4) is 0 Å². The van der Waals surface area contributed by atoms with Crippen molar-refractivity contribution in [2.45, 2.75) is 18.4 Å². The van der Waals surface area contributed by atoms with Crippen LogP contribution in [0.4, 0.5) is 4.39 Å². The van der Waals surface area contributed by atoms with Gasteiger partial charge in [-0.1, -0.05) is 78.9 Å². The molecule has 4 aliphatic rings. The number of halogens is 1. The highest BCUT2D eigenvalue weighted by atomic mass is 19.1. The maximum Gasteiger partial charge on any atom is 0.254 e. The molecule has 5 nitrogen and oxygen atoms in total. The smallest absolute Gasteiger partial charge is 0.254 e. The van der Waals surface area contributed by atoms with E-state index in [0.29, 0.717) is 6.54 Å². The lowest BCUT2D eigenvalue weighted by Crippen LogP contribution is -2.41. The molecule has 2 amide bonds. The number of benzene rings is 4. The second kappa shape index (κ2) is 8.58. The van der Waals surface area contributed by atoms with Crippen molar-refractivity contribution in [1.29, 1.82) is 0 Å². The predicted molar refractivity (Wildman–Crippen MR) is 150 cm³/mol. The Labute approximate surface area is 230 Å². The number of hydrazone groups is 1. The van der Waals surface area contributed by atoms with E-state index in [0.717, 1.165) is 49.3 Å². The molecule has 0 N–H and O–H groups in total. The molecule has 1 fully saturated rings. The molecule has 0 radical (unpaired) electrons. The van der Waals surface area contributed by atoms with Gasteiger partial charge in [0.2, 0.25) is 0 Å². The second-order valence-corrected chi connectivity index (χ2v) is 10.9. The van der Waals surface area contributed by atoms with Crippen LogP contribution in [0.5, 0.6) is 0 Å². The number of carbonyl (C=O) groups excluding carboxylic acids is 2. The molecule has 1 aromatic heterocycles. The highest BCUT2D eigenvalue weighted by Gasteiger charge is 2.61. The van der Waals surface area contributed by atoms with Gasteiger partial charge in [0, 0.05) is 41.0 Å². The van der Waals surface area contributed by atoms with E-state index in [1.54, 1.807) is 18.3 Å². The van der Waals surface area contributed by atoms with Crippen molar-refractivity contribution in [3.63, 3.8) is 0 Å². The maximum atomic E-state index is 13.9. The monoisotopic (exact) mass is 525 g/mol. The van der Waals surface area contributed by atoms with Crippen LogP contribution in [0.25, 0.3) is 10.9 Å². The second-order valence-electron chi connectivity index (χ2n) is 10.9. The fourth-order valence-electron chi connectivity index (χ4n) is 7.19. The zero-order valence-corrected chi connectivity index (χ0v) is 21.4. The number of rotatable bonds is 4. The molecule has 1 saturated heterocycles. The molecule has 0 spiro atoms. The fraction of sp³-hybridized carbons (Fsp3) is 0.147. The van der Waals surface area contributed by atoms with Crippen LogP contribution in [0, 0.1) is 17.7 Å². The van der Waals surface area contributed by atoms with E-state index in [1.165, 1.54) is 12.1 Å². The summed E-state index contributed by atoms with van der Waals surface area (Å²) in [7, 11) is 0. The van der Waals surface area contributed by atoms with Crippen LogP contribution in [-0.2, 0) is 16.1 Å². The van der Waals surface area contributed by atoms with E-state index in [1.807, 2.05) is 54.7 Å². The minimum Gasteiger partial charge on any atom is -0.342 e. The number of aromatic nitrogens is 1. The van der Waals surface area contributed by atoms with Gasteiger partial charge in [-0.3, -0.25) is 9.59 Å². The van der Waals surface area contributed by atoms with Gasteiger partial charge >= 0.3 is 0 Å². The Bertz CT molecular complexity index is 1760. The minimum absolute atomic E-state index is 0.156. The summed E-state index contributed by atoms with van der Waals surface area (Å²) in [5.74, 6) is -1.97. The summed E-state index contributed by atoms with van der Waals surface area (Å²) in [6.07, 6.45) is 3.59. The molecule has 2 unspecified atom stereocenters. The molecular weight excluding hydrogens is 501 g/mol. The minimum atomic E-state index is -0.459. The Kier molecular flexibility index (Phi) is 4.95. The summed E-state index contributed by atoms with van der Waals surface area (Å²) < 4.78 is 15.5. The third kappa shape index (κ3) is 3.22. The Hall–Kier alpha value is -4.84. The highest BCUT2D eigenvalue weighted by molar-refractivity contribution is 6.09. The fourth-order valence-corrected chi connectivity index (χ4v) is 7.19. The third-order valence-corrected chi connectivity index (χ3v) is 8.82. The summed E-state index contributed by atoms with van der Waals surface area (Å²) >= 11 is 0. The van der Waals surface area contributed by atoms with Gasteiger partial charge in [0.25, 0.3) is 11.8 Å². The first-order valence-corrected chi connectivity index (χ1v) is 13.5. The number of amides is 2. The third-order valence-electron chi connectivity index (χ3n) is 8.82. The van der Waals surface area contributed by atoms with Crippen molar-refractivity contribution in [1.82, 2.24) is 9.58 Å². The Morgan fingerprint density at radius 3 is 1.80 bits per heavy atom. The first-order valence-electron chi connectivity index (χ1n) is 13.5. The van der Waals surface area contributed by atoms with Crippen LogP contribution in [0.3, 0.4) is 0 Å². The first-order chi connectivity index (χ1) is 19.6. The molecule has 2 heterocycles. The Morgan fingerprint density at radius 1 is 0.700 bits per heavy atom. The van der Waals surface area contributed by atoms with Gasteiger partial charge in [0.05, 0.1) is 18.1 Å². The van der Waals surface area contributed by atoms with Gasteiger partial charge < -0.3 is 4.57 Å². The summed E-state index contributed by atoms with van der Waals surface area (Å²) in [5, 5.41) is 6.60. The molecule has 194 valence electrons. The molecule has 6 heteroatoms. The molecule has 2 atom stereocenters. The largest absolute Gasteiger partial charge is 0.342 e. The zero-order valence-electron chi connectivity index (χ0n) is 21.4. The van der Waals surface area contributed by atoms with Gasteiger partial charge in [0.15, 0.2) is 0 Å². The molecule has 9 rings (SSSR count). The SMILES string of the molecule is O=C1C2C3c4ccccc4C(c4ccccc43)C2C(=O)N1N=Cc1cn(Cc2ccc(F)cc2)c2ccccc12. The summed E-state index contributed by atoms with van der Waals surface area (Å²) in [4.78, 5) is 27.7. The number of hydrogen-bond acceptors (Lipinski definition) is 3. The number of hydrogen-bond donors (Lipinski definition) is 0. The number of nitrogens with zero attached hydrogens (tertiary/aromatic N) is 3.